The van der Waals surface area contributed by atoms with E-state index in [4.69, 9.17) is 0 Å². The Labute approximate surface area is 156 Å². The summed E-state index contributed by atoms with van der Waals surface area (Å²) in [6.45, 7) is 4.15. The molecule has 0 saturated carbocycles. The topological polar surface area (TPSA) is 36.4 Å². The molecule has 0 bridgehead atoms. The number of rotatable bonds is 5. The van der Waals surface area contributed by atoms with Crippen LogP contribution in [-0.4, -0.2) is 43.0 Å². The second-order valence-electron chi connectivity index (χ2n) is 7.49. The molecule has 1 fully saturated rings. The molecule has 2 heterocycles. The van der Waals surface area contributed by atoms with Gasteiger partial charge in [-0.2, -0.15) is 0 Å². The fourth-order valence-corrected chi connectivity index (χ4v) is 3.80. The number of amides is 1. The van der Waals surface area contributed by atoms with Crippen LogP contribution in [0.25, 0.3) is 0 Å². The van der Waals surface area contributed by atoms with Gasteiger partial charge in [-0.15, -0.1) is 0 Å². The van der Waals surface area contributed by atoms with E-state index >= 15 is 0 Å². The number of anilines is 1. The van der Waals surface area contributed by atoms with Crippen molar-refractivity contribution < 1.29 is 4.79 Å². The van der Waals surface area contributed by atoms with Crippen molar-refractivity contribution in [2.75, 3.05) is 32.1 Å². The number of aryl methyl sites for hydroxylation is 2. The van der Waals surface area contributed by atoms with Crippen molar-refractivity contribution in [3.8, 4) is 0 Å². The molecule has 1 aromatic heterocycles. The molecule has 3 rings (SSSR count). The maximum atomic E-state index is 12.5. The van der Waals surface area contributed by atoms with Crippen molar-refractivity contribution in [2.24, 2.45) is 5.92 Å². The first-order valence-electron chi connectivity index (χ1n) is 9.52. The van der Waals surface area contributed by atoms with E-state index in [1.165, 1.54) is 24.0 Å². The Morgan fingerprint density at radius 3 is 2.81 bits per heavy atom. The Morgan fingerprint density at radius 1 is 1.23 bits per heavy atom. The highest BCUT2D eigenvalue weighted by Crippen LogP contribution is 2.27. The molecule has 4 heteroatoms. The molecule has 138 valence electrons. The zero-order valence-electron chi connectivity index (χ0n) is 16.1. The van der Waals surface area contributed by atoms with E-state index in [0.29, 0.717) is 11.5 Å². The second-order valence-corrected chi connectivity index (χ2v) is 7.49. The van der Waals surface area contributed by atoms with Gasteiger partial charge in [-0.1, -0.05) is 24.3 Å². The minimum absolute atomic E-state index is 0.0233. The Bertz CT molecular complexity index is 757. The molecule has 0 unspecified atom stereocenters. The summed E-state index contributed by atoms with van der Waals surface area (Å²) in [5.41, 5.74) is 3.53. The van der Waals surface area contributed by atoms with E-state index in [0.717, 1.165) is 31.7 Å². The van der Waals surface area contributed by atoms with Crippen molar-refractivity contribution in [3.63, 3.8) is 0 Å². The average Bonchev–Trinajstić information content (AvgIpc) is 2.67. The predicted octanol–water partition coefficient (Wildman–Crippen LogP) is 3.94. The molecule has 1 aliphatic rings. The highest BCUT2D eigenvalue weighted by Gasteiger charge is 2.25. The summed E-state index contributed by atoms with van der Waals surface area (Å²) in [5.74, 6) is 1.51. The molecule has 2 aromatic rings. The lowest BCUT2D eigenvalue weighted by atomic mass is 9.90. The van der Waals surface area contributed by atoms with Crippen LogP contribution in [-0.2, 0) is 6.42 Å². The van der Waals surface area contributed by atoms with Crippen LogP contribution in [0.4, 0.5) is 5.82 Å². The highest BCUT2D eigenvalue weighted by molar-refractivity contribution is 5.98. The third-order valence-electron chi connectivity index (χ3n) is 5.32. The molecule has 0 N–H and O–H groups in total. The summed E-state index contributed by atoms with van der Waals surface area (Å²) in [7, 11) is 3.58. The lowest BCUT2D eigenvalue weighted by Crippen LogP contribution is -2.38. The van der Waals surface area contributed by atoms with Gasteiger partial charge in [0.05, 0.1) is 5.56 Å². The average molecular weight is 351 g/mol. The number of aromatic nitrogens is 1. The lowest BCUT2D eigenvalue weighted by Gasteiger charge is -2.34. The molecular formula is C22H29N3O. The highest BCUT2D eigenvalue weighted by atomic mass is 16.2. The Hall–Kier alpha value is -2.36. The Kier molecular flexibility index (Phi) is 5.92. The van der Waals surface area contributed by atoms with Gasteiger partial charge in [-0.3, -0.25) is 4.79 Å². The van der Waals surface area contributed by atoms with Gasteiger partial charge in [0.1, 0.15) is 5.82 Å². The largest absolute Gasteiger partial charge is 0.356 e. The molecule has 1 atom stereocenters. The SMILES string of the molecule is Cc1ccccc1CC[C@@H]1CCCN(c2ncccc2C(=O)N(C)C)C1. The number of carbonyl (C=O) groups is 1. The van der Waals surface area contributed by atoms with Crippen LogP contribution >= 0.6 is 0 Å². The van der Waals surface area contributed by atoms with Gasteiger partial charge in [0, 0.05) is 33.4 Å². The van der Waals surface area contributed by atoms with Gasteiger partial charge in [-0.25, -0.2) is 4.98 Å². The Balaban J connectivity index is 1.69. The van der Waals surface area contributed by atoms with Crippen molar-refractivity contribution in [2.45, 2.75) is 32.6 Å². The summed E-state index contributed by atoms with van der Waals surface area (Å²) >= 11 is 0. The number of nitrogens with zero attached hydrogens (tertiary/aromatic N) is 3. The summed E-state index contributed by atoms with van der Waals surface area (Å²) in [4.78, 5) is 21.0. The fourth-order valence-electron chi connectivity index (χ4n) is 3.80. The van der Waals surface area contributed by atoms with Crippen LogP contribution in [0.5, 0.6) is 0 Å². The maximum absolute atomic E-state index is 12.5. The Morgan fingerprint density at radius 2 is 2.04 bits per heavy atom. The van der Waals surface area contributed by atoms with E-state index in [2.05, 4.69) is 41.1 Å². The van der Waals surface area contributed by atoms with Crippen LogP contribution in [0, 0.1) is 12.8 Å². The van der Waals surface area contributed by atoms with Gasteiger partial charge >= 0.3 is 0 Å². The quantitative estimate of drug-likeness (QED) is 0.819. The van der Waals surface area contributed by atoms with Gasteiger partial charge in [-0.05, 0) is 61.8 Å². The number of pyridine rings is 1. The van der Waals surface area contributed by atoms with Crippen LogP contribution in [0.3, 0.4) is 0 Å². The number of carbonyl (C=O) groups excluding carboxylic acids is 1. The van der Waals surface area contributed by atoms with Crippen molar-refractivity contribution in [1.29, 1.82) is 0 Å². The van der Waals surface area contributed by atoms with Crippen molar-refractivity contribution in [3.05, 3.63) is 59.3 Å². The maximum Gasteiger partial charge on any atom is 0.257 e. The third kappa shape index (κ3) is 4.24. The molecule has 1 aromatic carbocycles. The first kappa shape index (κ1) is 18.4. The standard InChI is InChI=1S/C22H29N3O/c1-17-8-4-5-10-19(17)13-12-18-9-7-15-25(16-18)21-20(11-6-14-23-21)22(26)24(2)3/h4-6,8,10-11,14,18H,7,9,12-13,15-16H2,1-3H3/t18-/m0/s1. The number of piperidine rings is 1. The zero-order valence-corrected chi connectivity index (χ0v) is 16.1. The number of benzene rings is 1. The number of hydrogen-bond donors (Lipinski definition) is 0. The van der Waals surface area contributed by atoms with Gasteiger partial charge in [0.2, 0.25) is 0 Å². The third-order valence-corrected chi connectivity index (χ3v) is 5.32. The summed E-state index contributed by atoms with van der Waals surface area (Å²) in [6, 6.07) is 12.4. The van der Waals surface area contributed by atoms with E-state index in [-0.39, 0.29) is 5.91 Å². The molecule has 4 nitrogen and oxygen atoms in total. The molecule has 1 aliphatic heterocycles. The number of hydrogen-bond acceptors (Lipinski definition) is 3. The predicted molar refractivity (Wildman–Crippen MR) is 107 cm³/mol. The fraction of sp³-hybridized carbons (Fsp3) is 0.455. The van der Waals surface area contributed by atoms with Gasteiger partial charge < -0.3 is 9.80 Å². The summed E-state index contributed by atoms with van der Waals surface area (Å²) < 4.78 is 0. The van der Waals surface area contributed by atoms with E-state index < -0.39 is 0 Å². The van der Waals surface area contributed by atoms with Gasteiger partial charge in [0.25, 0.3) is 5.91 Å². The van der Waals surface area contributed by atoms with Crippen LogP contribution in [0.2, 0.25) is 0 Å². The smallest absolute Gasteiger partial charge is 0.257 e. The molecule has 1 saturated heterocycles. The van der Waals surface area contributed by atoms with Crippen LogP contribution < -0.4 is 4.90 Å². The zero-order chi connectivity index (χ0) is 18.5. The molecule has 0 spiro atoms. The normalized spacial score (nSPS) is 17.2. The van der Waals surface area contributed by atoms with E-state index in [9.17, 15) is 4.79 Å². The van der Waals surface area contributed by atoms with Crippen molar-refractivity contribution in [1.82, 2.24) is 9.88 Å². The van der Waals surface area contributed by atoms with E-state index in [1.807, 2.05) is 12.1 Å². The molecular weight excluding hydrogens is 322 g/mol. The minimum atomic E-state index is 0.0233. The molecule has 0 radical (unpaired) electrons. The van der Waals surface area contributed by atoms with Crippen LogP contribution in [0.15, 0.2) is 42.6 Å². The summed E-state index contributed by atoms with van der Waals surface area (Å²) in [5, 5.41) is 0. The first-order valence-corrected chi connectivity index (χ1v) is 9.52. The summed E-state index contributed by atoms with van der Waals surface area (Å²) in [6.07, 6.45) is 6.51. The van der Waals surface area contributed by atoms with Crippen LogP contribution in [0.1, 0.15) is 40.7 Å². The molecule has 0 aliphatic carbocycles. The first-order chi connectivity index (χ1) is 12.6. The molecule has 26 heavy (non-hydrogen) atoms. The monoisotopic (exact) mass is 351 g/mol. The van der Waals surface area contributed by atoms with Gasteiger partial charge in [0.15, 0.2) is 0 Å². The second kappa shape index (κ2) is 8.35. The lowest BCUT2D eigenvalue weighted by molar-refractivity contribution is 0.0827. The minimum Gasteiger partial charge on any atom is -0.356 e. The molecule has 1 amide bonds. The van der Waals surface area contributed by atoms with E-state index in [1.54, 1.807) is 25.2 Å². The van der Waals surface area contributed by atoms with Crippen molar-refractivity contribution >= 4 is 11.7 Å².